The minimum absolute atomic E-state index is 0.282. The van der Waals surface area contributed by atoms with Crippen LogP contribution in [0.5, 0.6) is 0 Å². The second-order valence-corrected chi connectivity index (χ2v) is 13.5. The first-order valence-corrected chi connectivity index (χ1v) is 16.1. The molecule has 4 aromatic carbocycles. The molecule has 8 rings (SSSR count). The molecule has 228 valence electrons. The van der Waals surface area contributed by atoms with Crippen molar-refractivity contribution in [1.29, 1.82) is 0 Å². The van der Waals surface area contributed by atoms with Gasteiger partial charge in [0.1, 0.15) is 0 Å². The Labute approximate surface area is 268 Å². The lowest BCUT2D eigenvalue weighted by Crippen LogP contribution is -2.49. The predicted molar refractivity (Wildman–Crippen MR) is 173 cm³/mol. The Morgan fingerprint density at radius 1 is 0.413 bits per heavy atom. The second kappa shape index (κ2) is 10.0. The molecule has 0 spiro atoms. The first-order valence-electron chi connectivity index (χ1n) is 14.5. The van der Waals surface area contributed by atoms with Gasteiger partial charge in [-0.2, -0.15) is 26.3 Å². The fraction of sp³-hybridized carbons (Fsp3) is 0.105. The molecule has 0 bridgehead atoms. The van der Waals surface area contributed by atoms with Gasteiger partial charge in [-0.1, -0.05) is 121 Å². The van der Waals surface area contributed by atoms with Crippen molar-refractivity contribution in [3.8, 4) is 20.9 Å². The van der Waals surface area contributed by atoms with Gasteiger partial charge in [0.05, 0.1) is 5.41 Å². The predicted octanol–water partition coefficient (Wildman–Crippen LogP) is 11.7. The number of hydrogen-bond donors (Lipinski definition) is 0. The van der Waals surface area contributed by atoms with Gasteiger partial charge in [0.15, 0.2) is 0 Å². The van der Waals surface area contributed by atoms with E-state index in [1.807, 2.05) is 36.4 Å². The van der Waals surface area contributed by atoms with Crippen molar-refractivity contribution in [3.63, 3.8) is 0 Å². The van der Waals surface area contributed by atoms with E-state index in [9.17, 15) is 0 Å². The van der Waals surface area contributed by atoms with Gasteiger partial charge in [-0.05, 0) is 34.4 Å². The highest BCUT2D eigenvalue weighted by atomic mass is 32.1. The summed E-state index contributed by atoms with van der Waals surface area (Å²) in [6, 6.07) is 38.9. The van der Waals surface area contributed by atoms with Gasteiger partial charge in [-0.3, -0.25) is 0 Å². The van der Waals surface area contributed by atoms with Crippen molar-refractivity contribution in [1.82, 2.24) is 0 Å². The Bertz CT molecular complexity index is 1960. The molecule has 0 amide bonds. The summed E-state index contributed by atoms with van der Waals surface area (Å²) in [5.74, 6) is -16.0. The number of halogens is 6. The molecule has 0 nitrogen and oxygen atoms in total. The molecule has 0 aliphatic heterocycles. The highest BCUT2D eigenvalue weighted by molar-refractivity contribution is 7.18. The molecule has 2 aromatic heterocycles. The van der Waals surface area contributed by atoms with Crippen LogP contribution in [0.25, 0.3) is 32.0 Å². The molecular weight excluding hydrogens is 635 g/mol. The van der Waals surface area contributed by atoms with Crippen molar-refractivity contribution < 1.29 is 26.3 Å². The first-order chi connectivity index (χ1) is 22.1. The molecule has 2 aliphatic rings. The number of allylic oxidation sites excluding steroid dienone is 2. The van der Waals surface area contributed by atoms with Crippen LogP contribution in [0.1, 0.15) is 32.0 Å². The van der Waals surface area contributed by atoms with E-state index in [1.54, 1.807) is 84.9 Å². The number of fused-ring (bicyclic) bond motifs is 4. The summed E-state index contributed by atoms with van der Waals surface area (Å²) < 4.78 is 95.9. The maximum Gasteiger partial charge on any atom is 0.380 e. The molecule has 0 atom stereocenters. The number of hydrogen-bond acceptors (Lipinski definition) is 2. The first kappa shape index (κ1) is 29.0. The van der Waals surface area contributed by atoms with E-state index in [4.69, 9.17) is 0 Å². The smallest absolute Gasteiger partial charge is 0.194 e. The monoisotopic (exact) mass is 656 g/mol. The molecule has 2 aliphatic carbocycles. The van der Waals surface area contributed by atoms with Gasteiger partial charge in [0, 0.05) is 41.8 Å². The SMILES string of the molecule is FC1(F)C2=C(c3cc(-c4ccccc4)sc3C(c3ccccc3)(c3ccccc3)c3sc(-c4ccccc4)cc32)C(F)(F)C1(F)F. The molecule has 0 N–H and O–H groups in total. The van der Waals surface area contributed by atoms with Crippen molar-refractivity contribution in [2.45, 2.75) is 23.2 Å². The van der Waals surface area contributed by atoms with Crippen molar-refractivity contribution in [3.05, 3.63) is 165 Å². The fourth-order valence-corrected chi connectivity index (χ4v) is 9.69. The third kappa shape index (κ3) is 3.74. The van der Waals surface area contributed by atoms with Crippen LogP contribution < -0.4 is 0 Å². The Hall–Kier alpha value is -4.40. The van der Waals surface area contributed by atoms with E-state index < -0.39 is 34.3 Å². The van der Waals surface area contributed by atoms with Gasteiger partial charge in [-0.25, -0.2) is 0 Å². The van der Waals surface area contributed by atoms with Crippen LogP contribution in [0.3, 0.4) is 0 Å². The van der Waals surface area contributed by atoms with Crippen LogP contribution in [0.2, 0.25) is 0 Å². The van der Waals surface area contributed by atoms with E-state index in [-0.39, 0.29) is 20.9 Å². The highest BCUT2D eigenvalue weighted by Gasteiger charge is 2.81. The normalized spacial score (nSPS) is 18.4. The Morgan fingerprint density at radius 2 is 0.739 bits per heavy atom. The Kier molecular flexibility index (Phi) is 6.34. The summed E-state index contributed by atoms with van der Waals surface area (Å²) in [5, 5.41) is 0. The van der Waals surface area contributed by atoms with Gasteiger partial charge in [-0.15, -0.1) is 22.7 Å². The largest absolute Gasteiger partial charge is 0.380 e. The molecule has 46 heavy (non-hydrogen) atoms. The number of rotatable bonds is 4. The summed E-state index contributed by atoms with van der Waals surface area (Å²) in [6.45, 7) is 0. The number of benzene rings is 4. The summed E-state index contributed by atoms with van der Waals surface area (Å²) in [7, 11) is 0. The fourth-order valence-electron chi connectivity index (χ4n) is 6.80. The third-order valence-corrected chi connectivity index (χ3v) is 11.5. The minimum atomic E-state index is -5.65. The highest BCUT2D eigenvalue weighted by Crippen LogP contribution is 2.70. The Balaban J connectivity index is 1.61. The van der Waals surface area contributed by atoms with Crippen LogP contribution in [0, 0.1) is 0 Å². The lowest BCUT2D eigenvalue weighted by molar-refractivity contribution is -0.254. The standard InChI is InChI=1S/C38H22F6S2/c39-36(40)31-27-21-29(23-13-5-1-6-14-23)45-33(27)35(25-17-9-3-10-18-25,26-19-11-4-12-20-26)34-28(32(31)37(41,42)38(36,43)44)22-30(46-34)24-15-7-2-8-16-24/h1-22H. The van der Waals surface area contributed by atoms with Gasteiger partial charge >= 0.3 is 17.8 Å². The van der Waals surface area contributed by atoms with E-state index in [0.717, 1.165) is 0 Å². The summed E-state index contributed by atoms with van der Waals surface area (Å²) >= 11 is 2.33. The van der Waals surface area contributed by atoms with Crippen molar-refractivity contribution in [2.24, 2.45) is 0 Å². The summed E-state index contributed by atoms with van der Waals surface area (Å²) in [4.78, 5) is 1.58. The molecule has 0 saturated heterocycles. The van der Waals surface area contributed by atoms with Crippen LogP contribution in [0.15, 0.2) is 133 Å². The third-order valence-electron chi connectivity index (χ3n) is 8.88. The molecule has 0 saturated carbocycles. The average Bonchev–Trinajstić information content (AvgIpc) is 3.72. The second-order valence-electron chi connectivity index (χ2n) is 11.4. The Morgan fingerprint density at radius 3 is 1.09 bits per heavy atom. The molecule has 0 radical (unpaired) electrons. The van der Waals surface area contributed by atoms with Crippen LogP contribution in [-0.2, 0) is 5.41 Å². The summed E-state index contributed by atoms with van der Waals surface area (Å²) in [5.41, 5.74) is -2.00. The molecular formula is C38H22F6S2. The van der Waals surface area contributed by atoms with Crippen LogP contribution in [0.4, 0.5) is 26.3 Å². The van der Waals surface area contributed by atoms with Crippen molar-refractivity contribution >= 4 is 33.8 Å². The molecule has 6 aromatic rings. The van der Waals surface area contributed by atoms with Crippen LogP contribution >= 0.6 is 22.7 Å². The molecule has 0 fully saturated rings. The number of alkyl halides is 6. The molecule has 8 heteroatoms. The quantitative estimate of drug-likeness (QED) is 0.166. The zero-order valence-electron chi connectivity index (χ0n) is 23.8. The number of thiophene rings is 2. The van der Waals surface area contributed by atoms with Gasteiger partial charge < -0.3 is 0 Å². The van der Waals surface area contributed by atoms with E-state index >= 15 is 26.3 Å². The van der Waals surface area contributed by atoms with Crippen LogP contribution in [-0.4, -0.2) is 17.8 Å². The topological polar surface area (TPSA) is 0 Å². The van der Waals surface area contributed by atoms with E-state index in [2.05, 4.69) is 0 Å². The van der Waals surface area contributed by atoms with Gasteiger partial charge in [0.25, 0.3) is 0 Å². The zero-order chi connectivity index (χ0) is 31.9. The molecule has 2 heterocycles. The lowest BCUT2D eigenvalue weighted by atomic mass is 9.70. The van der Waals surface area contributed by atoms with Crippen molar-refractivity contribution in [2.75, 3.05) is 0 Å². The maximum absolute atomic E-state index is 16.2. The van der Waals surface area contributed by atoms with Gasteiger partial charge in [0.2, 0.25) is 0 Å². The zero-order valence-corrected chi connectivity index (χ0v) is 25.4. The summed E-state index contributed by atoms with van der Waals surface area (Å²) in [6.07, 6.45) is 0. The average molecular weight is 657 g/mol. The maximum atomic E-state index is 16.2. The minimum Gasteiger partial charge on any atom is -0.194 e. The molecule has 0 unspecified atom stereocenters. The lowest BCUT2D eigenvalue weighted by Gasteiger charge is -2.36. The van der Waals surface area contributed by atoms with E-state index in [1.165, 1.54) is 34.8 Å². The van der Waals surface area contributed by atoms with E-state index in [0.29, 0.717) is 32.0 Å².